The molecule has 8 heteroatoms. The fraction of sp³-hybridized carbons (Fsp3) is 0.222. The maximum atomic E-state index is 12.2. The van der Waals surface area contributed by atoms with Gasteiger partial charge in [0, 0.05) is 23.3 Å². The van der Waals surface area contributed by atoms with Gasteiger partial charge >= 0.3 is 11.8 Å². The van der Waals surface area contributed by atoms with E-state index in [1.165, 1.54) is 0 Å². The molecule has 0 bridgehead atoms. The number of aliphatic hydroxyl groups is 1. The Kier molecular flexibility index (Phi) is 6.81. The first-order valence-corrected chi connectivity index (χ1v) is 8.01. The summed E-state index contributed by atoms with van der Waals surface area (Å²) in [7, 11) is 0. The number of anilines is 1. The van der Waals surface area contributed by atoms with Crippen molar-refractivity contribution >= 4 is 39.9 Å². The molecule has 0 radical (unpaired) electrons. The molecule has 0 fully saturated rings. The van der Waals surface area contributed by atoms with Crippen molar-refractivity contribution in [2.24, 2.45) is 5.10 Å². The van der Waals surface area contributed by atoms with Crippen LogP contribution >= 0.6 is 0 Å². The Morgan fingerprint density at radius 2 is 1.77 bits per heavy atom. The summed E-state index contributed by atoms with van der Waals surface area (Å²) in [4.78, 5) is 35.0. The number of hydrogen-bond acceptors (Lipinski definition) is 5. The molecule has 0 atom stereocenters. The predicted molar refractivity (Wildman–Crippen MR) is 98.5 cm³/mol. The number of hydrogen-bond donors (Lipinski definition) is 4. The van der Waals surface area contributed by atoms with E-state index < -0.39 is 11.8 Å². The second kappa shape index (κ2) is 9.28. The van der Waals surface area contributed by atoms with Crippen LogP contribution in [-0.2, 0) is 14.4 Å². The summed E-state index contributed by atoms with van der Waals surface area (Å²) in [5.41, 5.74) is 3.09. The van der Waals surface area contributed by atoms with E-state index in [4.69, 9.17) is 5.11 Å². The molecule has 2 rings (SSSR count). The van der Waals surface area contributed by atoms with Gasteiger partial charge < -0.3 is 15.7 Å². The minimum atomic E-state index is -0.965. The van der Waals surface area contributed by atoms with Crippen molar-refractivity contribution < 1.29 is 19.5 Å². The Morgan fingerprint density at radius 3 is 2.54 bits per heavy atom. The van der Waals surface area contributed by atoms with Crippen LogP contribution in [0.15, 0.2) is 47.6 Å². The summed E-state index contributed by atoms with van der Waals surface area (Å²) in [5.74, 6) is -2.16. The molecule has 0 unspecified atom stereocenters. The summed E-state index contributed by atoms with van der Waals surface area (Å²) in [6.45, 7) is 1.27. The summed E-state index contributed by atoms with van der Waals surface area (Å²) >= 11 is 0. The van der Waals surface area contributed by atoms with E-state index in [1.807, 2.05) is 36.4 Å². The van der Waals surface area contributed by atoms with Crippen LogP contribution in [0.5, 0.6) is 0 Å². The van der Waals surface area contributed by atoms with Gasteiger partial charge in [0.1, 0.15) is 0 Å². The van der Waals surface area contributed by atoms with Gasteiger partial charge in [-0.1, -0.05) is 36.4 Å². The third-order valence-corrected chi connectivity index (χ3v) is 3.43. The number of carbonyl (C=O) groups is 3. The van der Waals surface area contributed by atoms with Gasteiger partial charge in [-0.05, 0) is 18.4 Å². The number of rotatable bonds is 6. The Labute approximate surface area is 150 Å². The lowest BCUT2D eigenvalue weighted by Crippen LogP contribution is -2.39. The first-order chi connectivity index (χ1) is 12.5. The first kappa shape index (κ1) is 19.1. The number of aliphatic hydroxyl groups excluding tert-OH is 1. The SMILES string of the molecule is CC(CC(=O)Nc1cccc2ccccc12)=NNC(=O)C(=O)NCCO. The van der Waals surface area contributed by atoms with E-state index in [2.05, 4.69) is 21.2 Å². The van der Waals surface area contributed by atoms with Crippen LogP contribution in [0, 0.1) is 0 Å². The lowest BCUT2D eigenvalue weighted by atomic mass is 10.1. The molecular weight excluding hydrogens is 336 g/mol. The van der Waals surface area contributed by atoms with Crippen molar-refractivity contribution in [2.45, 2.75) is 13.3 Å². The van der Waals surface area contributed by atoms with Gasteiger partial charge in [-0.25, -0.2) is 5.43 Å². The summed E-state index contributed by atoms with van der Waals surface area (Å²) in [6.07, 6.45) is -0.0399. The molecule has 0 saturated carbocycles. The maximum Gasteiger partial charge on any atom is 0.329 e. The van der Waals surface area contributed by atoms with E-state index in [-0.39, 0.29) is 25.5 Å². The van der Waals surface area contributed by atoms with E-state index in [0.717, 1.165) is 10.8 Å². The number of nitrogens with one attached hydrogen (secondary N) is 3. The van der Waals surface area contributed by atoms with Crippen molar-refractivity contribution in [1.82, 2.24) is 10.7 Å². The molecular formula is C18H20N4O4. The second-order valence-corrected chi connectivity index (χ2v) is 5.52. The van der Waals surface area contributed by atoms with Crippen LogP contribution in [-0.4, -0.2) is 41.7 Å². The van der Waals surface area contributed by atoms with Gasteiger partial charge in [0.2, 0.25) is 5.91 Å². The lowest BCUT2D eigenvalue weighted by molar-refractivity contribution is -0.139. The van der Waals surface area contributed by atoms with Gasteiger partial charge in [-0.15, -0.1) is 0 Å². The van der Waals surface area contributed by atoms with Crippen molar-refractivity contribution in [1.29, 1.82) is 0 Å². The largest absolute Gasteiger partial charge is 0.395 e. The van der Waals surface area contributed by atoms with Crippen molar-refractivity contribution in [3.63, 3.8) is 0 Å². The zero-order valence-corrected chi connectivity index (χ0v) is 14.3. The topological polar surface area (TPSA) is 120 Å². The van der Waals surface area contributed by atoms with Crippen LogP contribution in [0.25, 0.3) is 10.8 Å². The van der Waals surface area contributed by atoms with Gasteiger partial charge in [-0.2, -0.15) is 5.10 Å². The van der Waals surface area contributed by atoms with E-state index in [0.29, 0.717) is 11.4 Å². The molecule has 2 aromatic rings. The zero-order chi connectivity index (χ0) is 18.9. The molecule has 4 N–H and O–H groups in total. The molecule has 0 heterocycles. The fourth-order valence-corrected chi connectivity index (χ4v) is 2.25. The van der Waals surface area contributed by atoms with Crippen LogP contribution in [0.1, 0.15) is 13.3 Å². The third-order valence-electron chi connectivity index (χ3n) is 3.43. The Bertz CT molecular complexity index is 843. The second-order valence-electron chi connectivity index (χ2n) is 5.52. The lowest BCUT2D eigenvalue weighted by Gasteiger charge is -2.09. The monoisotopic (exact) mass is 356 g/mol. The molecule has 0 aromatic heterocycles. The minimum Gasteiger partial charge on any atom is -0.395 e. The number of hydrazone groups is 1. The smallest absolute Gasteiger partial charge is 0.329 e. The van der Waals surface area contributed by atoms with Gasteiger partial charge in [0.05, 0.1) is 13.0 Å². The van der Waals surface area contributed by atoms with Gasteiger partial charge in [0.15, 0.2) is 0 Å². The number of carbonyl (C=O) groups excluding carboxylic acids is 3. The summed E-state index contributed by atoms with van der Waals surface area (Å²) in [5, 5.41) is 19.3. The quantitative estimate of drug-likeness (QED) is 0.347. The summed E-state index contributed by atoms with van der Waals surface area (Å²) in [6, 6.07) is 13.3. The molecule has 0 spiro atoms. The fourth-order valence-electron chi connectivity index (χ4n) is 2.25. The number of fused-ring (bicyclic) bond motifs is 1. The summed E-state index contributed by atoms with van der Waals surface area (Å²) < 4.78 is 0. The Hall–Kier alpha value is -3.26. The standard InChI is InChI=1S/C18H20N4O4/c1-12(21-22-18(26)17(25)19-9-10-23)11-16(24)20-15-8-4-6-13-5-2-3-7-14(13)15/h2-8,23H,9-11H2,1H3,(H,19,25)(H,20,24)(H,22,26). The number of nitrogens with zero attached hydrogens (tertiary/aromatic N) is 1. The van der Waals surface area contributed by atoms with Crippen LogP contribution in [0.2, 0.25) is 0 Å². The zero-order valence-electron chi connectivity index (χ0n) is 14.3. The molecule has 136 valence electrons. The molecule has 0 aliphatic carbocycles. The molecule has 8 nitrogen and oxygen atoms in total. The minimum absolute atomic E-state index is 0.0254. The van der Waals surface area contributed by atoms with Crippen molar-refractivity contribution in [2.75, 3.05) is 18.5 Å². The molecule has 0 aliphatic rings. The van der Waals surface area contributed by atoms with Crippen molar-refractivity contribution in [3.8, 4) is 0 Å². The average molecular weight is 356 g/mol. The van der Waals surface area contributed by atoms with E-state index in [1.54, 1.807) is 13.0 Å². The molecule has 3 amide bonds. The highest BCUT2D eigenvalue weighted by atomic mass is 16.3. The highest BCUT2D eigenvalue weighted by Crippen LogP contribution is 2.22. The normalized spacial score (nSPS) is 11.1. The molecule has 26 heavy (non-hydrogen) atoms. The number of amides is 3. The van der Waals surface area contributed by atoms with Crippen LogP contribution in [0.4, 0.5) is 5.69 Å². The van der Waals surface area contributed by atoms with Crippen molar-refractivity contribution in [3.05, 3.63) is 42.5 Å². The molecule has 0 aliphatic heterocycles. The van der Waals surface area contributed by atoms with Gasteiger partial charge in [-0.3, -0.25) is 14.4 Å². The average Bonchev–Trinajstić information content (AvgIpc) is 2.64. The van der Waals surface area contributed by atoms with E-state index >= 15 is 0 Å². The highest BCUT2D eigenvalue weighted by molar-refractivity contribution is 6.35. The first-order valence-electron chi connectivity index (χ1n) is 8.01. The Morgan fingerprint density at radius 1 is 1.04 bits per heavy atom. The Balaban J connectivity index is 1.92. The third kappa shape index (κ3) is 5.38. The molecule has 2 aromatic carbocycles. The molecule has 0 saturated heterocycles. The highest BCUT2D eigenvalue weighted by Gasteiger charge is 2.12. The van der Waals surface area contributed by atoms with Crippen LogP contribution in [0.3, 0.4) is 0 Å². The predicted octanol–water partition coefficient (Wildman–Crippen LogP) is 0.769. The maximum absolute atomic E-state index is 12.2. The van der Waals surface area contributed by atoms with Crippen LogP contribution < -0.4 is 16.1 Å². The van der Waals surface area contributed by atoms with E-state index in [9.17, 15) is 14.4 Å². The van der Waals surface area contributed by atoms with Gasteiger partial charge in [0.25, 0.3) is 0 Å². The number of benzene rings is 2.